The van der Waals surface area contributed by atoms with Gasteiger partial charge in [-0.2, -0.15) is 0 Å². The van der Waals surface area contributed by atoms with Crippen molar-refractivity contribution in [3.8, 4) is 5.75 Å². The second-order valence-corrected chi connectivity index (χ2v) is 18.3. The SMILES string of the molecule is CC1(C)C2CN(C(=O)[C@@H](NC(=O)NC3(CS(=O)(=O)c4cccc(O)c4)CCCCC3)C(C)(C)C)C(C(=O)NC(CC3CC3)C(=O)C(N)=O)C21. The summed E-state index contributed by atoms with van der Waals surface area (Å²) in [5, 5.41) is 18.4. The number of primary amides is 1. The van der Waals surface area contributed by atoms with Gasteiger partial charge in [0.15, 0.2) is 9.84 Å². The number of aromatic hydroxyl groups is 1. The lowest BCUT2D eigenvalue weighted by atomic mass is 9.83. The average Bonchev–Trinajstić information content (AvgIpc) is 3.85. The summed E-state index contributed by atoms with van der Waals surface area (Å²) >= 11 is 0. The number of phenolic OH excluding ortho intramolecular Hbond substituents is 1. The molecule has 5 amide bonds. The van der Waals surface area contributed by atoms with Gasteiger partial charge in [0.05, 0.1) is 22.2 Å². The first-order valence-electron chi connectivity index (χ1n) is 17.3. The number of rotatable bonds is 12. The fourth-order valence-electron chi connectivity index (χ4n) is 8.04. The number of sulfone groups is 1. The highest BCUT2D eigenvalue weighted by atomic mass is 32.2. The van der Waals surface area contributed by atoms with Crippen LogP contribution < -0.4 is 21.7 Å². The van der Waals surface area contributed by atoms with Crippen LogP contribution >= 0.6 is 0 Å². The molecule has 1 aromatic rings. The lowest BCUT2D eigenvalue weighted by Crippen LogP contribution is -2.63. The van der Waals surface area contributed by atoms with Crippen molar-refractivity contribution in [2.24, 2.45) is 34.3 Å². The Balaban J connectivity index is 1.35. The summed E-state index contributed by atoms with van der Waals surface area (Å²) < 4.78 is 27.0. The lowest BCUT2D eigenvalue weighted by molar-refractivity contribution is -0.145. The number of phenols is 1. The molecule has 13 nitrogen and oxygen atoms in total. The summed E-state index contributed by atoms with van der Waals surface area (Å²) in [6.07, 6.45) is 5.26. The number of hydrogen-bond acceptors (Lipinski definition) is 8. The molecule has 14 heteroatoms. The molecule has 0 bridgehead atoms. The Morgan fingerprint density at radius 3 is 2.27 bits per heavy atom. The maximum absolute atomic E-state index is 14.4. The van der Waals surface area contributed by atoms with E-state index in [0.717, 1.165) is 19.3 Å². The molecule has 4 unspecified atom stereocenters. The van der Waals surface area contributed by atoms with Crippen molar-refractivity contribution in [2.45, 2.75) is 115 Å². The molecule has 3 saturated carbocycles. The van der Waals surface area contributed by atoms with Crippen molar-refractivity contribution in [3.05, 3.63) is 24.3 Å². The van der Waals surface area contributed by atoms with Crippen molar-refractivity contribution in [2.75, 3.05) is 12.3 Å². The van der Waals surface area contributed by atoms with Crippen LogP contribution in [0.4, 0.5) is 4.79 Å². The quantitative estimate of drug-likeness (QED) is 0.204. The lowest BCUT2D eigenvalue weighted by Gasteiger charge is -2.40. The van der Waals surface area contributed by atoms with E-state index in [1.165, 1.54) is 29.2 Å². The van der Waals surface area contributed by atoms with E-state index in [2.05, 4.69) is 16.0 Å². The molecule has 0 radical (unpaired) electrons. The number of fused-ring (bicyclic) bond motifs is 1. The first kappa shape index (κ1) is 36.6. The van der Waals surface area contributed by atoms with Gasteiger partial charge in [-0.15, -0.1) is 0 Å². The van der Waals surface area contributed by atoms with Gasteiger partial charge in [0, 0.05) is 6.54 Å². The molecule has 6 N–H and O–H groups in total. The largest absolute Gasteiger partial charge is 0.508 e. The molecule has 1 aliphatic heterocycles. The Morgan fingerprint density at radius 1 is 1.04 bits per heavy atom. The van der Waals surface area contributed by atoms with Crippen molar-refractivity contribution in [3.63, 3.8) is 0 Å². The highest BCUT2D eigenvalue weighted by Gasteiger charge is 2.70. The smallest absolute Gasteiger partial charge is 0.315 e. The molecule has 0 spiro atoms. The topological polar surface area (TPSA) is 205 Å². The summed E-state index contributed by atoms with van der Waals surface area (Å²) in [5.41, 5.74) is 3.18. The Bertz CT molecular complexity index is 1610. The van der Waals surface area contributed by atoms with E-state index in [0.29, 0.717) is 32.1 Å². The van der Waals surface area contributed by atoms with Crippen LogP contribution in [0.25, 0.3) is 0 Å². The number of nitrogens with zero attached hydrogens (tertiary/aromatic N) is 1. The fraction of sp³-hybridized carbons (Fsp3) is 0.686. The van der Waals surface area contributed by atoms with Gasteiger partial charge in [0.1, 0.15) is 17.8 Å². The summed E-state index contributed by atoms with van der Waals surface area (Å²) in [6.45, 7) is 9.74. The number of amides is 5. The summed E-state index contributed by atoms with van der Waals surface area (Å²) in [5.74, 6) is -3.45. The van der Waals surface area contributed by atoms with E-state index >= 15 is 0 Å². The molecular weight excluding hydrogens is 650 g/mol. The van der Waals surface area contributed by atoms with Crippen LogP contribution in [0.5, 0.6) is 5.75 Å². The normalized spacial score (nSPS) is 25.3. The van der Waals surface area contributed by atoms with Crippen LogP contribution in [0.2, 0.25) is 0 Å². The molecule has 0 aromatic heterocycles. The zero-order chi connectivity index (χ0) is 36.1. The highest BCUT2D eigenvalue weighted by molar-refractivity contribution is 7.91. The predicted octanol–water partition coefficient (Wildman–Crippen LogP) is 2.41. The van der Waals surface area contributed by atoms with Gasteiger partial charge >= 0.3 is 6.03 Å². The van der Waals surface area contributed by atoms with Crippen LogP contribution in [0.1, 0.15) is 86.0 Å². The second-order valence-electron chi connectivity index (χ2n) is 16.4. The molecule has 49 heavy (non-hydrogen) atoms. The van der Waals surface area contributed by atoms with E-state index < -0.39 is 68.5 Å². The summed E-state index contributed by atoms with van der Waals surface area (Å²) in [6, 6.07) is 1.68. The van der Waals surface area contributed by atoms with Crippen LogP contribution in [-0.2, 0) is 29.0 Å². The monoisotopic (exact) mass is 701 g/mol. The molecule has 1 heterocycles. The van der Waals surface area contributed by atoms with Crippen LogP contribution in [0.3, 0.4) is 0 Å². The maximum Gasteiger partial charge on any atom is 0.315 e. The Labute approximate surface area is 288 Å². The van der Waals surface area contributed by atoms with Crippen molar-refractivity contribution in [1.82, 2.24) is 20.9 Å². The number of urea groups is 1. The van der Waals surface area contributed by atoms with Gasteiger partial charge in [-0.05, 0) is 66.0 Å². The van der Waals surface area contributed by atoms with Crippen molar-refractivity contribution < 1.29 is 37.5 Å². The molecule has 4 aliphatic rings. The average molecular weight is 702 g/mol. The van der Waals surface area contributed by atoms with E-state index in [1.807, 2.05) is 13.8 Å². The first-order chi connectivity index (χ1) is 22.8. The molecular formula is C35H51N5O8S. The van der Waals surface area contributed by atoms with E-state index in [4.69, 9.17) is 5.73 Å². The number of piperidine rings is 1. The maximum atomic E-state index is 14.4. The second kappa shape index (κ2) is 13.2. The number of Topliss-reactive ketones (excluding diaryl/α,β-unsaturated/α-hetero) is 1. The first-order valence-corrected chi connectivity index (χ1v) is 19.0. The van der Waals surface area contributed by atoms with Crippen molar-refractivity contribution >= 4 is 39.4 Å². The van der Waals surface area contributed by atoms with E-state index in [9.17, 15) is 37.5 Å². The predicted molar refractivity (Wildman–Crippen MR) is 181 cm³/mol. The van der Waals surface area contributed by atoms with Gasteiger partial charge in [-0.1, -0.05) is 72.8 Å². The third kappa shape index (κ3) is 7.89. The Hall–Kier alpha value is -3.68. The molecule has 1 saturated heterocycles. The number of likely N-dealkylation sites (tertiary alicyclic amines) is 1. The fourth-order valence-corrected chi connectivity index (χ4v) is 9.88. The standard InChI is InChI=1S/C35H51N5O8S/c1-33(2,3)28(38-32(46)39-35(14-7-6-8-15-35)19-49(47,48)22-11-9-10-21(41)17-22)31(45)40-18-23-25(34(23,4)5)26(40)30(44)37-24(16-20-12-13-20)27(42)29(36)43/h9-11,17,20,23-26,28,41H,6-8,12-16,18-19H2,1-5H3,(H2,36,43)(H,37,44)(H2,38,39,46)/t23?,24?,25?,26?,28-/m1/s1. The third-order valence-corrected chi connectivity index (χ3v) is 13.0. The zero-order valence-corrected chi connectivity index (χ0v) is 29.9. The minimum absolute atomic E-state index is 0.0310. The third-order valence-electron chi connectivity index (χ3n) is 11.1. The van der Waals surface area contributed by atoms with Gasteiger partial charge in [-0.3, -0.25) is 19.2 Å². The molecule has 3 aliphatic carbocycles. The number of carbonyl (C=O) groups excluding carboxylic acids is 5. The number of nitrogens with one attached hydrogen (secondary N) is 3. The number of ketones is 1. The molecule has 5 rings (SSSR count). The summed E-state index contributed by atoms with van der Waals surface area (Å²) in [4.78, 5) is 68.0. The Morgan fingerprint density at radius 2 is 1.69 bits per heavy atom. The van der Waals surface area contributed by atoms with Crippen LogP contribution in [-0.4, -0.2) is 83.9 Å². The summed E-state index contributed by atoms with van der Waals surface area (Å²) in [7, 11) is -3.90. The molecule has 1 aromatic carbocycles. The minimum atomic E-state index is -3.90. The van der Waals surface area contributed by atoms with Crippen LogP contribution in [0, 0.1) is 28.6 Å². The van der Waals surface area contributed by atoms with Gasteiger partial charge in [-0.25, -0.2) is 13.2 Å². The van der Waals surface area contributed by atoms with Crippen LogP contribution in [0.15, 0.2) is 29.2 Å². The molecule has 270 valence electrons. The minimum Gasteiger partial charge on any atom is -0.508 e. The number of hydrogen-bond donors (Lipinski definition) is 5. The van der Waals surface area contributed by atoms with E-state index in [1.54, 1.807) is 20.8 Å². The highest BCUT2D eigenvalue weighted by Crippen LogP contribution is 2.65. The number of nitrogens with two attached hydrogens (primary N) is 1. The van der Waals surface area contributed by atoms with Crippen molar-refractivity contribution in [1.29, 1.82) is 0 Å². The van der Waals surface area contributed by atoms with Gasteiger partial charge in [0.2, 0.25) is 17.6 Å². The number of carbonyl (C=O) groups is 5. The van der Waals surface area contributed by atoms with E-state index in [-0.39, 0.29) is 46.1 Å². The van der Waals surface area contributed by atoms with Gasteiger partial charge in [0.25, 0.3) is 5.91 Å². The van der Waals surface area contributed by atoms with Gasteiger partial charge < -0.3 is 31.7 Å². The molecule has 4 fully saturated rings. The number of benzene rings is 1. The molecule has 5 atom stereocenters. The Kier molecular flexibility index (Phi) is 9.87. The zero-order valence-electron chi connectivity index (χ0n) is 29.1.